The highest BCUT2D eigenvalue weighted by Crippen LogP contribution is 2.07. The first-order chi connectivity index (χ1) is 13.1. The average Bonchev–Trinajstić information content (AvgIpc) is 2.57. The summed E-state index contributed by atoms with van der Waals surface area (Å²) in [5.41, 5.74) is 0. The van der Waals surface area contributed by atoms with Crippen LogP contribution in [0.5, 0.6) is 0 Å². The zero-order valence-corrected chi connectivity index (χ0v) is 19.4. The van der Waals surface area contributed by atoms with Gasteiger partial charge in [0.2, 0.25) is 5.91 Å². The van der Waals surface area contributed by atoms with Gasteiger partial charge in [-0.25, -0.2) is 0 Å². The van der Waals surface area contributed by atoms with Gasteiger partial charge in [-0.3, -0.25) is 9.59 Å². The minimum Gasteiger partial charge on any atom is -0.345 e. The molecule has 166 valence electrons. The van der Waals surface area contributed by atoms with Crippen LogP contribution < -0.4 is 21.3 Å². The van der Waals surface area contributed by atoms with E-state index in [1.165, 1.54) is 0 Å². The van der Waals surface area contributed by atoms with Gasteiger partial charge in [0.05, 0.1) is 12.1 Å². The lowest BCUT2D eigenvalue weighted by molar-refractivity contribution is -0.128. The monoisotopic (exact) mass is 398 g/mol. The number of amides is 1. The lowest BCUT2D eigenvalue weighted by Gasteiger charge is -2.24. The molecule has 0 fully saturated rings. The fourth-order valence-corrected chi connectivity index (χ4v) is 3.07. The molecule has 0 aromatic heterocycles. The Morgan fingerprint density at radius 3 is 1.54 bits per heavy atom. The third-order valence-electron chi connectivity index (χ3n) is 4.60. The summed E-state index contributed by atoms with van der Waals surface area (Å²) in [5, 5.41) is 13.1. The van der Waals surface area contributed by atoms with Crippen molar-refractivity contribution < 1.29 is 9.59 Å². The molecule has 0 rings (SSSR count). The van der Waals surface area contributed by atoms with Crippen molar-refractivity contribution in [1.29, 1.82) is 0 Å². The van der Waals surface area contributed by atoms with Crippen LogP contribution in [-0.2, 0) is 9.59 Å². The quantitative estimate of drug-likeness (QED) is 0.283. The molecule has 0 aliphatic carbocycles. The summed E-state index contributed by atoms with van der Waals surface area (Å²) in [6.07, 6.45) is 5.44. The van der Waals surface area contributed by atoms with Crippen molar-refractivity contribution in [2.45, 2.75) is 117 Å². The van der Waals surface area contributed by atoms with E-state index in [9.17, 15) is 9.59 Å². The number of carbonyl (C=O) groups is 2. The molecular formula is C22H46N4O2. The molecule has 0 saturated carbocycles. The Labute approximate surface area is 173 Å². The van der Waals surface area contributed by atoms with Gasteiger partial charge in [0, 0.05) is 18.1 Å². The summed E-state index contributed by atoms with van der Waals surface area (Å²) < 4.78 is 0. The Morgan fingerprint density at radius 2 is 1.14 bits per heavy atom. The fraction of sp³-hybridized carbons (Fsp3) is 0.909. The number of nitrogens with one attached hydrogen (secondary N) is 4. The van der Waals surface area contributed by atoms with Crippen molar-refractivity contribution >= 4 is 11.7 Å². The summed E-state index contributed by atoms with van der Waals surface area (Å²) in [7, 11) is 0. The molecule has 0 heterocycles. The molecule has 0 bridgehead atoms. The number of hydrogen-bond acceptors (Lipinski definition) is 5. The third kappa shape index (κ3) is 15.0. The molecule has 0 aromatic rings. The van der Waals surface area contributed by atoms with Crippen molar-refractivity contribution in [3.8, 4) is 0 Å². The van der Waals surface area contributed by atoms with Crippen molar-refractivity contribution in [1.82, 2.24) is 21.3 Å². The van der Waals surface area contributed by atoms with Crippen molar-refractivity contribution in [2.75, 3.05) is 13.1 Å². The maximum absolute atomic E-state index is 12.8. The second-order valence-electron chi connectivity index (χ2n) is 8.75. The number of ketones is 1. The predicted molar refractivity (Wildman–Crippen MR) is 119 cm³/mol. The topological polar surface area (TPSA) is 82.3 Å². The smallest absolute Gasteiger partial charge is 0.237 e. The van der Waals surface area contributed by atoms with Gasteiger partial charge in [-0.2, -0.15) is 0 Å². The Balaban J connectivity index is 4.48. The van der Waals surface area contributed by atoms with Gasteiger partial charge in [-0.15, -0.1) is 0 Å². The summed E-state index contributed by atoms with van der Waals surface area (Å²) in [6.45, 7) is 16.1. The van der Waals surface area contributed by atoms with Gasteiger partial charge in [-0.1, -0.05) is 48.0 Å². The zero-order chi connectivity index (χ0) is 21.5. The van der Waals surface area contributed by atoms with Crippen LogP contribution in [-0.4, -0.2) is 55.0 Å². The Kier molecular flexibility index (Phi) is 15.3. The molecular weight excluding hydrogens is 352 g/mol. The van der Waals surface area contributed by atoms with Crippen LogP contribution in [0.1, 0.15) is 87.0 Å². The van der Waals surface area contributed by atoms with Gasteiger partial charge in [-0.05, 0) is 52.1 Å². The molecule has 4 N–H and O–H groups in total. The normalized spacial score (nSPS) is 13.9. The maximum atomic E-state index is 12.8. The van der Waals surface area contributed by atoms with E-state index in [0.29, 0.717) is 18.5 Å². The first-order valence-corrected chi connectivity index (χ1v) is 11.2. The summed E-state index contributed by atoms with van der Waals surface area (Å²) in [5.74, 6) is -0.0133. The van der Waals surface area contributed by atoms with Crippen LogP contribution in [0.15, 0.2) is 0 Å². The molecule has 2 unspecified atom stereocenters. The second-order valence-corrected chi connectivity index (χ2v) is 8.75. The number of Topliss-reactive ketones (excluding diaryl/α,β-unsaturated/α-hetero) is 1. The van der Waals surface area contributed by atoms with E-state index < -0.39 is 0 Å². The standard InChI is InChI=1S/C22H46N4O2/c1-16(2)23-14-10-8-12-20(19(7)27)26-22(28)21(25-18(5)6)13-9-11-15-24-17(3)4/h16-18,20-21,23-25H,8-15H2,1-7H3,(H,26,28). The highest BCUT2D eigenvalue weighted by Gasteiger charge is 2.23. The molecule has 0 saturated heterocycles. The SMILES string of the molecule is CC(=O)C(CCCCNC(C)C)NC(=O)C(CCCCNC(C)C)NC(C)C. The van der Waals surface area contributed by atoms with E-state index in [0.717, 1.165) is 45.2 Å². The third-order valence-corrected chi connectivity index (χ3v) is 4.60. The van der Waals surface area contributed by atoms with E-state index in [2.05, 4.69) is 49.0 Å². The second kappa shape index (κ2) is 15.9. The minimum atomic E-state index is -0.384. The predicted octanol–water partition coefficient (Wildman–Crippen LogP) is 2.76. The Bertz CT molecular complexity index is 425. The van der Waals surface area contributed by atoms with Crippen LogP contribution in [0.4, 0.5) is 0 Å². The number of hydrogen-bond donors (Lipinski definition) is 4. The first-order valence-electron chi connectivity index (χ1n) is 11.2. The molecule has 0 radical (unpaired) electrons. The van der Waals surface area contributed by atoms with E-state index in [-0.39, 0.29) is 29.8 Å². The molecule has 0 aliphatic rings. The molecule has 6 heteroatoms. The van der Waals surface area contributed by atoms with Crippen LogP contribution >= 0.6 is 0 Å². The molecule has 1 amide bonds. The molecule has 2 atom stereocenters. The molecule has 0 spiro atoms. The summed E-state index contributed by atoms with van der Waals surface area (Å²) >= 11 is 0. The minimum absolute atomic E-state index is 0.0367. The van der Waals surface area contributed by atoms with Crippen molar-refractivity contribution in [3.63, 3.8) is 0 Å². The van der Waals surface area contributed by atoms with E-state index in [4.69, 9.17) is 0 Å². The Morgan fingerprint density at radius 1 is 0.679 bits per heavy atom. The molecule has 28 heavy (non-hydrogen) atoms. The number of carbonyl (C=O) groups excluding carboxylic acids is 2. The Hall–Kier alpha value is -0.980. The molecule has 0 aliphatic heterocycles. The van der Waals surface area contributed by atoms with Gasteiger partial charge in [0.15, 0.2) is 5.78 Å². The van der Waals surface area contributed by atoms with Crippen LogP contribution in [0.2, 0.25) is 0 Å². The fourth-order valence-electron chi connectivity index (χ4n) is 3.07. The lowest BCUT2D eigenvalue weighted by Crippen LogP contribution is -2.51. The zero-order valence-electron chi connectivity index (χ0n) is 19.4. The van der Waals surface area contributed by atoms with Crippen LogP contribution in [0.25, 0.3) is 0 Å². The number of rotatable bonds is 17. The molecule has 0 aromatic carbocycles. The largest absolute Gasteiger partial charge is 0.345 e. The van der Waals surface area contributed by atoms with Crippen LogP contribution in [0, 0.1) is 0 Å². The van der Waals surface area contributed by atoms with Gasteiger partial charge in [0.25, 0.3) is 0 Å². The number of unbranched alkanes of at least 4 members (excludes halogenated alkanes) is 2. The van der Waals surface area contributed by atoms with Gasteiger partial charge < -0.3 is 21.3 Å². The first kappa shape index (κ1) is 27.0. The highest BCUT2D eigenvalue weighted by molar-refractivity contribution is 5.89. The van der Waals surface area contributed by atoms with Gasteiger partial charge in [0.1, 0.15) is 0 Å². The van der Waals surface area contributed by atoms with Crippen molar-refractivity contribution in [2.24, 2.45) is 0 Å². The molecule has 6 nitrogen and oxygen atoms in total. The van der Waals surface area contributed by atoms with Crippen LogP contribution in [0.3, 0.4) is 0 Å². The van der Waals surface area contributed by atoms with Gasteiger partial charge >= 0.3 is 0 Å². The highest BCUT2D eigenvalue weighted by atomic mass is 16.2. The van der Waals surface area contributed by atoms with E-state index >= 15 is 0 Å². The van der Waals surface area contributed by atoms with E-state index in [1.54, 1.807) is 6.92 Å². The summed E-state index contributed by atoms with van der Waals surface area (Å²) in [6, 6.07) is 0.554. The maximum Gasteiger partial charge on any atom is 0.237 e. The average molecular weight is 399 g/mol. The van der Waals surface area contributed by atoms with E-state index in [1.807, 2.05) is 13.8 Å². The summed E-state index contributed by atoms with van der Waals surface area (Å²) in [4.78, 5) is 24.8. The lowest BCUT2D eigenvalue weighted by atomic mass is 10.0. The van der Waals surface area contributed by atoms with Crippen molar-refractivity contribution in [3.05, 3.63) is 0 Å².